The monoisotopic (exact) mass is 406 g/mol. The minimum Gasteiger partial charge on any atom is -0.369 e. The average Bonchev–Trinajstić information content (AvgIpc) is 2.71. The fourth-order valence-electron chi connectivity index (χ4n) is 3.64. The van der Waals surface area contributed by atoms with E-state index in [0.29, 0.717) is 29.0 Å². The molecule has 3 aromatic rings. The summed E-state index contributed by atoms with van der Waals surface area (Å²) >= 11 is 0. The number of hydrogen-bond donors (Lipinski definition) is 1. The van der Waals surface area contributed by atoms with Gasteiger partial charge in [-0.3, -0.25) is 9.59 Å². The fourth-order valence-corrected chi connectivity index (χ4v) is 3.64. The number of nitrogens with zero attached hydrogens (tertiary/aromatic N) is 3. The summed E-state index contributed by atoms with van der Waals surface area (Å²) in [6, 6.07) is 15.3. The van der Waals surface area contributed by atoms with Crippen LogP contribution in [0.4, 0.5) is 11.4 Å². The molecule has 0 radical (unpaired) electrons. The maximum absolute atomic E-state index is 13.1. The third-order valence-corrected chi connectivity index (χ3v) is 5.04. The third kappa shape index (κ3) is 4.53. The molecule has 158 valence electrons. The molecule has 6 nitrogen and oxygen atoms in total. The smallest absolute Gasteiger partial charge is 0.276 e. The Hall–Kier alpha value is -3.15. The highest BCUT2D eigenvalue weighted by Gasteiger charge is 2.17. The van der Waals surface area contributed by atoms with Crippen LogP contribution in [-0.2, 0) is 6.54 Å². The molecule has 0 fully saturated rings. The Labute approximate surface area is 177 Å². The zero-order chi connectivity index (χ0) is 21.8. The lowest BCUT2D eigenvalue weighted by atomic mass is 10.1. The molecule has 0 saturated heterocycles. The topological polar surface area (TPSA) is 67.2 Å². The van der Waals surface area contributed by atoms with E-state index in [-0.39, 0.29) is 23.1 Å². The summed E-state index contributed by atoms with van der Waals surface area (Å²) < 4.78 is 1.40. The Kier molecular flexibility index (Phi) is 6.55. The van der Waals surface area contributed by atoms with Gasteiger partial charge in [-0.2, -0.15) is 5.10 Å². The quantitative estimate of drug-likeness (QED) is 0.626. The molecule has 0 aliphatic carbocycles. The Morgan fingerprint density at radius 1 is 1.03 bits per heavy atom. The first-order valence-electron chi connectivity index (χ1n) is 10.5. The molecule has 0 aliphatic rings. The summed E-state index contributed by atoms with van der Waals surface area (Å²) in [4.78, 5) is 28.1. The summed E-state index contributed by atoms with van der Waals surface area (Å²) in [5, 5.41) is 8.40. The van der Waals surface area contributed by atoms with E-state index >= 15 is 0 Å². The van der Waals surface area contributed by atoms with Crippen LogP contribution in [0.5, 0.6) is 0 Å². The van der Waals surface area contributed by atoms with Crippen LogP contribution in [0, 0.1) is 5.92 Å². The summed E-state index contributed by atoms with van der Waals surface area (Å²) in [5.74, 6) is -0.0880. The Balaban J connectivity index is 1.93. The number of fused-ring (bicyclic) bond motifs is 1. The van der Waals surface area contributed by atoms with Gasteiger partial charge in [0.25, 0.3) is 11.5 Å². The highest BCUT2D eigenvalue weighted by molar-refractivity contribution is 6.11. The summed E-state index contributed by atoms with van der Waals surface area (Å²) in [6.45, 7) is 11.8. The van der Waals surface area contributed by atoms with E-state index in [1.165, 1.54) is 4.68 Å². The second kappa shape index (κ2) is 9.11. The number of benzene rings is 2. The van der Waals surface area contributed by atoms with Gasteiger partial charge >= 0.3 is 0 Å². The van der Waals surface area contributed by atoms with Gasteiger partial charge in [0.2, 0.25) is 0 Å². The Morgan fingerprint density at radius 3 is 2.23 bits per heavy atom. The van der Waals surface area contributed by atoms with Gasteiger partial charge in [0.1, 0.15) is 0 Å². The van der Waals surface area contributed by atoms with Crippen molar-refractivity contribution in [1.82, 2.24) is 9.78 Å². The predicted octanol–water partition coefficient (Wildman–Crippen LogP) is 4.54. The zero-order valence-electron chi connectivity index (χ0n) is 18.3. The first kappa shape index (κ1) is 21.6. The zero-order valence-corrected chi connectivity index (χ0v) is 18.3. The van der Waals surface area contributed by atoms with Crippen LogP contribution in [0.3, 0.4) is 0 Å². The van der Waals surface area contributed by atoms with E-state index in [1.807, 2.05) is 44.2 Å². The minimum atomic E-state index is -0.326. The molecule has 0 aliphatic heterocycles. The number of amides is 1. The van der Waals surface area contributed by atoms with Crippen molar-refractivity contribution in [2.45, 2.75) is 47.2 Å². The SMILES string of the molecule is CCN(c1ccc(NC(=O)c2nn(CC(C)C)c(=O)c3ccccc23)cc1)C(C)C. The molecule has 1 N–H and O–H groups in total. The maximum Gasteiger partial charge on any atom is 0.276 e. The van der Waals surface area contributed by atoms with E-state index in [2.05, 4.69) is 36.1 Å². The molecule has 2 aromatic carbocycles. The molecule has 0 atom stereocenters. The van der Waals surface area contributed by atoms with Crippen LogP contribution >= 0.6 is 0 Å². The highest BCUT2D eigenvalue weighted by Crippen LogP contribution is 2.21. The van der Waals surface area contributed by atoms with Crippen LogP contribution in [0.2, 0.25) is 0 Å². The lowest BCUT2D eigenvalue weighted by Crippen LogP contribution is -2.30. The minimum absolute atomic E-state index is 0.173. The van der Waals surface area contributed by atoms with Crippen molar-refractivity contribution in [3.63, 3.8) is 0 Å². The molecule has 0 saturated carbocycles. The van der Waals surface area contributed by atoms with Crippen molar-refractivity contribution in [2.24, 2.45) is 5.92 Å². The number of nitrogens with one attached hydrogen (secondary N) is 1. The van der Waals surface area contributed by atoms with E-state index in [4.69, 9.17) is 0 Å². The van der Waals surface area contributed by atoms with Crippen molar-refractivity contribution < 1.29 is 4.79 Å². The average molecular weight is 407 g/mol. The van der Waals surface area contributed by atoms with Gasteiger partial charge in [0.05, 0.1) is 5.39 Å². The molecular formula is C24H30N4O2. The molecule has 0 bridgehead atoms. The van der Waals surface area contributed by atoms with Gasteiger partial charge in [0, 0.05) is 35.9 Å². The summed E-state index contributed by atoms with van der Waals surface area (Å²) in [6.07, 6.45) is 0. The van der Waals surface area contributed by atoms with Crippen LogP contribution < -0.4 is 15.8 Å². The molecule has 1 aromatic heterocycles. The molecule has 1 heterocycles. The Bertz CT molecular complexity index is 1080. The normalized spacial score (nSPS) is 11.3. The first-order valence-corrected chi connectivity index (χ1v) is 10.5. The standard InChI is InChI=1S/C24H30N4O2/c1-6-27(17(4)5)19-13-11-18(12-14-19)25-23(29)22-20-9-7-8-10-21(20)24(30)28(26-22)15-16(2)3/h7-14,16-17H,6,15H2,1-5H3,(H,25,29). The van der Waals surface area contributed by atoms with Crippen molar-refractivity contribution >= 4 is 28.1 Å². The highest BCUT2D eigenvalue weighted by atomic mass is 16.2. The van der Waals surface area contributed by atoms with Gasteiger partial charge in [-0.05, 0) is 57.0 Å². The van der Waals surface area contributed by atoms with Crippen LogP contribution in [-0.4, -0.2) is 28.3 Å². The lowest BCUT2D eigenvalue weighted by molar-refractivity contribution is 0.102. The first-order chi connectivity index (χ1) is 14.3. The lowest BCUT2D eigenvalue weighted by Gasteiger charge is -2.27. The van der Waals surface area contributed by atoms with Gasteiger partial charge < -0.3 is 10.2 Å². The number of hydrogen-bond acceptors (Lipinski definition) is 4. The molecule has 3 rings (SSSR count). The number of carbonyl (C=O) groups excluding carboxylic acids is 1. The molecule has 0 unspecified atom stereocenters. The number of anilines is 2. The predicted molar refractivity (Wildman–Crippen MR) is 123 cm³/mol. The van der Waals surface area contributed by atoms with E-state index in [9.17, 15) is 9.59 Å². The van der Waals surface area contributed by atoms with Gasteiger partial charge in [-0.25, -0.2) is 4.68 Å². The molecule has 6 heteroatoms. The Morgan fingerprint density at radius 2 is 1.67 bits per heavy atom. The van der Waals surface area contributed by atoms with Crippen molar-refractivity contribution in [2.75, 3.05) is 16.8 Å². The van der Waals surface area contributed by atoms with Crippen molar-refractivity contribution in [1.29, 1.82) is 0 Å². The van der Waals surface area contributed by atoms with E-state index in [0.717, 1.165) is 12.2 Å². The van der Waals surface area contributed by atoms with Gasteiger partial charge in [-0.15, -0.1) is 0 Å². The summed E-state index contributed by atoms with van der Waals surface area (Å²) in [7, 11) is 0. The number of carbonyl (C=O) groups is 1. The second-order valence-corrected chi connectivity index (χ2v) is 8.16. The number of rotatable bonds is 7. The third-order valence-electron chi connectivity index (χ3n) is 5.04. The van der Waals surface area contributed by atoms with Crippen LogP contribution in [0.25, 0.3) is 10.8 Å². The maximum atomic E-state index is 13.1. The second-order valence-electron chi connectivity index (χ2n) is 8.16. The largest absolute Gasteiger partial charge is 0.369 e. The van der Waals surface area contributed by atoms with E-state index < -0.39 is 0 Å². The van der Waals surface area contributed by atoms with Crippen LogP contribution in [0.15, 0.2) is 53.3 Å². The van der Waals surface area contributed by atoms with E-state index in [1.54, 1.807) is 18.2 Å². The number of aromatic nitrogens is 2. The van der Waals surface area contributed by atoms with Crippen molar-refractivity contribution in [3.05, 3.63) is 64.6 Å². The fraction of sp³-hybridized carbons (Fsp3) is 0.375. The van der Waals surface area contributed by atoms with Gasteiger partial charge in [0.15, 0.2) is 5.69 Å². The molecular weight excluding hydrogens is 376 g/mol. The van der Waals surface area contributed by atoms with Crippen molar-refractivity contribution in [3.8, 4) is 0 Å². The molecule has 30 heavy (non-hydrogen) atoms. The summed E-state index contributed by atoms with van der Waals surface area (Å²) in [5.41, 5.74) is 1.89. The molecule has 1 amide bonds. The molecule has 0 spiro atoms. The van der Waals surface area contributed by atoms with Gasteiger partial charge in [-0.1, -0.05) is 32.0 Å². The van der Waals surface area contributed by atoms with Crippen LogP contribution in [0.1, 0.15) is 45.1 Å².